The van der Waals surface area contributed by atoms with Crippen LogP contribution in [0.4, 0.5) is 5.69 Å². The molecule has 1 N–H and O–H groups in total. The second-order valence-electron chi connectivity index (χ2n) is 5.13. The highest BCUT2D eigenvalue weighted by Crippen LogP contribution is 2.22. The van der Waals surface area contributed by atoms with E-state index < -0.39 is 0 Å². The van der Waals surface area contributed by atoms with Gasteiger partial charge in [-0.05, 0) is 51.5 Å². The lowest BCUT2D eigenvalue weighted by Crippen LogP contribution is -2.09. The first-order valence-electron chi connectivity index (χ1n) is 7.11. The predicted octanol–water partition coefficient (Wildman–Crippen LogP) is 3.61. The van der Waals surface area contributed by atoms with E-state index >= 15 is 0 Å². The van der Waals surface area contributed by atoms with E-state index in [2.05, 4.69) is 40.8 Å². The summed E-state index contributed by atoms with van der Waals surface area (Å²) in [5, 5.41) is 3.43. The molecular formula is C16H23N3O. The van der Waals surface area contributed by atoms with Crippen molar-refractivity contribution in [2.45, 2.75) is 46.9 Å². The Hall–Kier alpha value is -1.97. The van der Waals surface area contributed by atoms with Gasteiger partial charge in [0.2, 0.25) is 0 Å². The van der Waals surface area contributed by atoms with Gasteiger partial charge in [-0.3, -0.25) is 0 Å². The predicted molar refractivity (Wildman–Crippen MR) is 82.2 cm³/mol. The maximum Gasteiger partial charge on any atom is 0.128 e. The fourth-order valence-electron chi connectivity index (χ4n) is 2.15. The molecule has 20 heavy (non-hydrogen) atoms. The van der Waals surface area contributed by atoms with Crippen LogP contribution < -0.4 is 10.1 Å². The first-order valence-corrected chi connectivity index (χ1v) is 7.11. The second kappa shape index (κ2) is 6.46. The lowest BCUT2D eigenvalue weighted by Gasteiger charge is -2.14. The fraction of sp³-hybridized carbons (Fsp3) is 0.438. The molecule has 0 aliphatic rings. The van der Waals surface area contributed by atoms with Crippen molar-refractivity contribution in [3.8, 4) is 5.75 Å². The highest BCUT2D eigenvalue weighted by Gasteiger charge is 2.05. The zero-order valence-corrected chi connectivity index (χ0v) is 12.7. The first-order chi connectivity index (χ1) is 9.60. The fourth-order valence-corrected chi connectivity index (χ4v) is 2.15. The van der Waals surface area contributed by atoms with Gasteiger partial charge in [-0.15, -0.1) is 0 Å². The van der Waals surface area contributed by atoms with E-state index in [1.807, 2.05) is 32.3 Å². The van der Waals surface area contributed by atoms with Crippen molar-refractivity contribution in [2.24, 2.45) is 0 Å². The van der Waals surface area contributed by atoms with Crippen LogP contribution in [-0.2, 0) is 13.1 Å². The lowest BCUT2D eigenvalue weighted by molar-refractivity contribution is 0.242. The molecule has 0 aliphatic heterocycles. The van der Waals surface area contributed by atoms with Crippen LogP contribution in [0.25, 0.3) is 0 Å². The molecule has 0 unspecified atom stereocenters. The van der Waals surface area contributed by atoms with Crippen LogP contribution >= 0.6 is 0 Å². The number of hydrogen-bond donors (Lipinski definition) is 1. The number of benzene rings is 1. The summed E-state index contributed by atoms with van der Waals surface area (Å²) in [6.45, 7) is 9.94. The maximum atomic E-state index is 5.69. The van der Waals surface area contributed by atoms with E-state index in [1.165, 1.54) is 5.56 Å². The number of anilines is 1. The Morgan fingerprint density at radius 1 is 1.35 bits per heavy atom. The summed E-state index contributed by atoms with van der Waals surface area (Å²) in [6, 6.07) is 6.13. The van der Waals surface area contributed by atoms with Crippen LogP contribution in [0.1, 0.15) is 32.2 Å². The number of rotatable bonds is 6. The molecule has 2 rings (SSSR count). The third kappa shape index (κ3) is 3.53. The first kappa shape index (κ1) is 14.4. The number of imidazole rings is 1. The molecule has 0 atom stereocenters. The van der Waals surface area contributed by atoms with E-state index in [4.69, 9.17) is 4.74 Å². The molecule has 4 heteroatoms. The molecule has 108 valence electrons. The molecule has 1 aromatic heterocycles. The van der Waals surface area contributed by atoms with Gasteiger partial charge in [0.05, 0.1) is 12.6 Å². The van der Waals surface area contributed by atoms with E-state index in [-0.39, 0.29) is 6.10 Å². The van der Waals surface area contributed by atoms with Gasteiger partial charge in [-0.25, -0.2) is 4.98 Å². The van der Waals surface area contributed by atoms with Crippen LogP contribution in [0.3, 0.4) is 0 Å². The molecule has 0 aliphatic carbocycles. The molecule has 1 aromatic carbocycles. The van der Waals surface area contributed by atoms with Crippen molar-refractivity contribution in [3.05, 3.63) is 42.0 Å². The van der Waals surface area contributed by atoms with Crippen LogP contribution in [0.15, 0.2) is 30.6 Å². The number of hydrogen-bond acceptors (Lipinski definition) is 3. The van der Waals surface area contributed by atoms with Crippen LogP contribution in [0.2, 0.25) is 0 Å². The average molecular weight is 273 g/mol. The Morgan fingerprint density at radius 3 is 2.80 bits per heavy atom. The largest absolute Gasteiger partial charge is 0.491 e. The minimum Gasteiger partial charge on any atom is -0.491 e. The minimum absolute atomic E-state index is 0.199. The number of aryl methyl sites for hydroxylation is 2. The Bertz CT molecular complexity index is 561. The summed E-state index contributed by atoms with van der Waals surface area (Å²) in [7, 11) is 0. The quantitative estimate of drug-likeness (QED) is 0.874. The molecule has 0 fully saturated rings. The van der Waals surface area contributed by atoms with E-state index in [0.29, 0.717) is 0 Å². The Labute approximate surface area is 120 Å². The van der Waals surface area contributed by atoms with Crippen LogP contribution in [-0.4, -0.2) is 15.7 Å². The SMILES string of the molecule is CCn1ccnc1CNc1ccc(OC(C)C)cc1C. The summed E-state index contributed by atoms with van der Waals surface area (Å²) in [5.41, 5.74) is 2.30. The summed E-state index contributed by atoms with van der Waals surface area (Å²) in [5.74, 6) is 1.97. The second-order valence-corrected chi connectivity index (χ2v) is 5.13. The molecule has 0 amide bonds. The van der Waals surface area contributed by atoms with Crippen LogP contribution in [0, 0.1) is 6.92 Å². The third-order valence-corrected chi connectivity index (χ3v) is 3.15. The van der Waals surface area contributed by atoms with Crippen molar-refractivity contribution in [1.82, 2.24) is 9.55 Å². The van der Waals surface area contributed by atoms with E-state index in [9.17, 15) is 0 Å². The zero-order chi connectivity index (χ0) is 14.5. The number of ether oxygens (including phenoxy) is 1. The molecule has 2 aromatic rings. The Kier molecular flexibility index (Phi) is 4.66. The highest BCUT2D eigenvalue weighted by molar-refractivity contribution is 5.53. The summed E-state index contributed by atoms with van der Waals surface area (Å²) < 4.78 is 7.83. The zero-order valence-electron chi connectivity index (χ0n) is 12.7. The van der Waals surface area contributed by atoms with Crippen molar-refractivity contribution in [3.63, 3.8) is 0 Å². The maximum absolute atomic E-state index is 5.69. The average Bonchev–Trinajstić information content (AvgIpc) is 2.84. The van der Waals surface area contributed by atoms with Gasteiger partial charge in [-0.2, -0.15) is 0 Å². The highest BCUT2D eigenvalue weighted by atomic mass is 16.5. The summed E-state index contributed by atoms with van der Waals surface area (Å²) in [6.07, 6.45) is 4.04. The van der Waals surface area contributed by atoms with Crippen molar-refractivity contribution >= 4 is 5.69 Å². The van der Waals surface area contributed by atoms with Crippen LogP contribution in [0.5, 0.6) is 5.75 Å². The van der Waals surface area contributed by atoms with Gasteiger partial charge < -0.3 is 14.6 Å². The third-order valence-electron chi connectivity index (χ3n) is 3.15. The molecule has 4 nitrogen and oxygen atoms in total. The molecule has 0 radical (unpaired) electrons. The Morgan fingerprint density at radius 2 is 2.15 bits per heavy atom. The summed E-state index contributed by atoms with van der Waals surface area (Å²) in [4.78, 5) is 4.36. The molecule has 0 spiro atoms. The van der Waals surface area contributed by atoms with Gasteiger partial charge in [0, 0.05) is 24.6 Å². The number of nitrogens with one attached hydrogen (secondary N) is 1. The molecule has 0 bridgehead atoms. The topological polar surface area (TPSA) is 39.1 Å². The summed E-state index contributed by atoms with van der Waals surface area (Å²) >= 11 is 0. The van der Waals surface area contributed by atoms with Crippen molar-refractivity contribution in [1.29, 1.82) is 0 Å². The standard InChI is InChI=1S/C16H23N3O/c1-5-19-9-8-17-16(19)11-18-15-7-6-14(10-13(15)4)20-12(2)3/h6-10,12,18H,5,11H2,1-4H3. The molecule has 0 saturated carbocycles. The molecule has 1 heterocycles. The smallest absolute Gasteiger partial charge is 0.128 e. The van der Waals surface area contributed by atoms with Gasteiger partial charge in [-0.1, -0.05) is 0 Å². The molecule has 0 saturated heterocycles. The monoisotopic (exact) mass is 273 g/mol. The van der Waals surface area contributed by atoms with Gasteiger partial charge in [0.15, 0.2) is 0 Å². The van der Waals surface area contributed by atoms with Gasteiger partial charge in [0.25, 0.3) is 0 Å². The van der Waals surface area contributed by atoms with E-state index in [1.54, 1.807) is 0 Å². The lowest BCUT2D eigenvalue weighted by atomic mass is 10.2. The Balaban J connectivity index is 2.03. The normalized spacial score (nSPS) is 10.8. The number of aromatic nitrogens is 2. The molecular weight excluding hydrogens is 250 g/mol. The van der Waals surface area contributed by atoms with Crippen molar-refractivity contribution < 1.29 is 4.74 Å². The number of nitrogens with zero attached hydrogens (tertiary/aromatic N) is 2. The van der Waals surface area contributed by atoms with Crippen molar-refractivity contribution in [2.75, 3.05) is 5.32 Å². The van der Waals surface area contributed by atoms with Gasteiger partial charge >= 0.3 is 0 Å². The van der Waals surface area contributed by atoms with E-state index in [0.717, 1.165) is 30.4 Å². The minimum atomic E-state index is 0.199. The van der Waals surface area contributed by atoms with Gasteiger partial charge in [0.1, 0.15) is 11.6 Å².